The number of ether oxygens (including phenoxy) is 1. The van der Waals surface area contributed by atoms with Crippen molar-refractivity contribution in [3.05, 3.63) is 11.6 Å². The molecule has 0 aromatic heterocycles. The van der Waals surface area contributed by atoms with Crippen LogP contribution in [-0.4, -0.2) is 24.3 Å². The van der Waals surface area contributed by atoms with E-state index in [0.29, 0.717) is 13.0 Å². The van der Waals surface area contributed by atoms with E-state index < -0.39 is 0 Å². The van der Waals surface area contributed by atoms with Gasteiger partial charge >= 0.3 is 5.97 Å². The fourth-order valence-corrected chi connectivity index (χ4v) is 3.26. The summed E-state index contributed by atoms with van der Waals surface area (Å²) in [6.07, 6.45) is 13.6. The van der Waals surface area contributed by atoms with Crippen molar-refractivity contribution >= 4 is 5.97 Å². The van der Waals surface area contributed by atoms with Gasteiger partial charge in [-0.2, -0.15) is 0 Å². The predicted octanol–water partition coefficient (Wildman–Crippen LogP) is 6.30. The molecule has 1 N–H and O–H groups in total. The molecule has 2 unspecified atom stereocenters. The smallest absolute Gasteiger partial charge is 0.330 e. The Labute approximate surface area is 162 Å². The molecule has 26 heavy (non-hydrogen) atoms. The van der Waals surface area contributed by atoms with Crippen LogP contribution in [0.3, 0.4) is 0 Å². The first-order chi connectivity index (χ1) is 12.3. The Morgan fingerprint density at radius 3 is 1.96 bits per heavy atom. The summed E-state index contributed by atoms with van der Waals surface area (Å²) in [7, 11) is 0. The number of esters is 1. The van der Waals surface area contributed by atoms with Crippen molar-refractivity contribution in [2.75, 3.05) is 13.2 Å². The standard InChI is InChI=1S/C23H44O3/c1-19(2)10-6-11-20(3)12-7-13-21(4)14-8-15-22(5)18-23(25)26-17-9-16-24/h18-21,24H,6-17H2,1-5H3. The lowest BCUT2D eigenvalue weighted by Crippen LogP contribution is -2.04. The molecule has 0 heterocycles. The third-order valence-electron chi connectivity index (χ3n) is 5.05. The number of carbonyl (C=O) groups is 1. The summed E-state index contributed by atoms with van der Waals surface area (Å²) in [5, 5.41) is 8.67. The topological polar surface area (TPSA) is 46.5 Å². The number of hydrogen-bond donors (Lipinski definition) is 1. The van der Waals surface area contributed by atoms with E-state index in [1.54, 1.807) is 6.08 Å². The molecule has 0 rings (SSSR count). The number of aliphatic hydroxyl groups excluding tert-OH is 1. The molecule has 0 radical (unpaired) electrons. The van der Waals surface area contributed by atoms with Crippen molar-refractivity contribution in [2.45, 2.75) is 98.8 Å². The highest BCUT2D eigenvalue weighted by Gasteiger charge is 2.07. The maximum absolute atomic E-state index is 11.6. The lowest BCUT2D eigenvalue weighted by atomic mass is 9.91. The van der Waals surface area contributed by atoms with Gasteiger partial charge in [-0.05, 0) is 37.5 Å². The van der Waals surface area contributed by atoms with Gasteiger partial charge in [0.15, 0.2) is 0 Å². The zero-order valence-corrected chi connectivity index (χ0v) is 18.1. The lowest BCUT2D eigenvalue weighted by molar-refractivity contribution is -0.138. The molecule has 0 saturated carbocycles. The summed E-state index contributed by atoms with van der Waals surface area (Å²) in [5.74, 6) is 2.18. The van der Waals surface area contributed by atoms with Crippen LogP contribution in [-0.2, 0) is 9.53 Å². The maximum atomic E-state index is 11.6. The fraction of sp³-hybridized carbons (Fsp3) is 0.870. The largest absolute Gasteiger partial charge is 0.462 e. The molecule has 0 aromatic carbocycles. The Hall–Kier alpha value is -0.830. The maximum Gasteiger partial charge on any atom is 0.330 e. The highest BCUT2D eigenvalue weighted by molar-refractivity contribution is 5.82. The second kappa shape index (κ2) is 16.4. The average molecular weight is 369 g/mol. The predicted molar refractivity (Wildman–Crippen MR) is 111 cm³/mol. The Kier molecular flexibility index (Phi) is 15.8. The zero-order chi connectivity index (χ0) is 19.8. The van der Waals surface area contributed by atoms with Gasteiger partial charge in [0.05, 0.1) is 6.61 Å². The molecular formula is C23H44O3. The molecule has 3 heteroatoms. The van der Waals surface area contributed by atoms with Gasteiger partial charge in [0.2, 0.25) is 0 Å². The van der Waals surface area contributed by atoms with Crippen LogP contribution in [0.25, 0.3) is 0 Å². The molecule has 154 valence electrons. The summed E-state index contributed by atoms with van der Waals surface area (Å²) >= 11 is 0. The van der Waals surface area contributed by atoms with Gasteiger partial charge in [0.25, 0.3) is 0 Å². The minimum Gasteiger partial charge on any atom is -0.462 e. The third kappa shape index (κ3) is 16.6. The van der Waals surface area contributed by atoms with Crippen LogP contribution in [0.4, 0.5) is 0 Å². The van der Waals surface area contributed by atoms with Crippen LogP contribution in [0.15, 0.2) is 11.6 Å². The van der Waals surface area contributed by atoms with Crippen molar-refractivity contribution in [2.24, 2.45) is 17.8 Å². The van der Waals surface area contributed by atoms with Crippen molar-refractivity contribution in [3.63, 3.8) is 0 Å². The number of carbonyl (C=O) groups excluding carboxylic acids is 1. The van der Waals surface area contributed by atoms with Gasteiger partial charge in [-0.1, -0.05) is 78.2 Å². The van der Waals surface area contributed by atoms with Crippen molar-refractivity contribution in [1.82, 2.24) is 0 Å². The molecule has 0 fully saturated rings. The van der Waals surface area contributed by atoms with Gasteiger partial charge in [-0.3, -0.25) is 0 Å². The van der Waals surface area contributed by atoms with Crippen LogP contribution in [0.5, 0.6) is 0 Å². The highest BCUT2D eigenvalue weighted by Crippen LogP contribution is 2.22. The summed E-state index contributed by atoms with van der Waals surface area (Å²) in [6.45, 7) is 11.7. The first kappa shape index (κ1) is 25.2. The van der Waals surface area contributed by atoms with E-state index >= 15 is 0 Å². The molecule has 0 aliphatic carbocycles. The number of allylic oxidation sites excluding steroid dienone is 1. The molecule has 2 atom stereocenters. The summed E-state index contributed by atoms with van der Waals surface area (Å²) < 4.78 is 5.02. The SMILES string of the molecule is CC(=CC(=O)OCCCO)CCCC(C)CCCC(C)CCCC(C)C. The summed E-state index contributed by atoms with van der Waals surface area (Å²) in [5.41, 5.74) is 1.09. The van der Waals surface area contributed by atoms with Crippen LogP contribution in [0, 0.1) is 17.8 Å². The molecule has 3 nitrogen and oxygen atoms in total. The monoisotopic (exact) mass is 368 g/mol. The molecule has 0 spiro atoms. The van der Waals surface area contributed by atoms with Crippen LogP contribution >= 0.6 is 0 Å². The molecule has 0 amide bonds. The minimum atomic E-state index is -0.282. The average Bonchev–Trinajstić information content (AvgIpc) is 2.54. The Bertz CT molecular complexity index is 374. The Morgan fingerprint density at radius 1 is 0.885 bits per heavy atom. The second-order valence-corrected chi connectivity index (χ2v) is 8.59. The molecule has 0 bridgehead atoms. The third-order valence-corrected chi connectivity index (χ3v) is 5.05. The Morgan fingerprint density at radius 2 is 1.42 bits per heavy atom. The normalized spacial score (nSPS) is 14.5. The second-order valence-electron chi connectivity index (χ2n) is 8.59. The fourth-order valence-electron chi connectivity index (χ4n) is 3.26. The molecule has 0 saturated heterocycles. The van der Waals surface area contributed by atoms with Crippen LogP contribution in [0.2, 0.25) is 0 Å². The number of rotatable bonds is 16. The van der Waals surface area contributed by atoms with Gasteiger partial charge in [0, 0.05) is 19.1 Å². The van der Waals surface area contributed by atoms with E-state index in [9.17, 15) is 4.79 Å². The molecular weight excluding hydrogens is 324 g/mol. The highest BCUT2D eigenvalue weighted by atomic mass is 16.5. The van der Waals surface area contributed by atoms with Crippen molar-refractivity contribution in [3.8, 4) is 0 Å². The van der Waals surface area contributed by atoms with E-state index in [0.717, 1.165) is 36.2 Å². The van der Waals surface area contributed by atoms with Gasteiger partial charge < -0.3 is 9.84 Å². The first-order valence-corrected chi connectivity index (χ1v) is 10.8. The lowest BCUT2D eigenvalue weighted by Gasteiger charge is -2.15. The number of aliphatic hydroxyl groups is 1. The van der Waals surface area contributed by atoms with E-state index in [4.69, 9.17) is 9.84 Å². The quantitative estimate of drug-likeness (QED) is 0.198. The van der Waals surface area contributed by atoms with E-state index in [1.807, 2.05) is 6.92 Å². The van der Waals surface area contributed by atoms with E-state index in [-0.39, 0.29) is 12.6 Å². The van der Waals surface area contributed by atoms with Gasteiger partial charge in [-0.25, -0.2) is 4.79 Å². The zero-order valence-electron chi connectivity index (χ0n) is 18.1. The first-order valence-electron chi connectivity index (χ1n) is 10.8. The molecule has 0 aliphatic rings. The minimum absolute atomic E-state index is 0.0601. The Balaban J connectivity index is 3.72. The summed E-state index contributed by atoms with van der Waals surface area (Å²) in [4.78, 5) is 11.6. The molecule has 0 aliphatic heterocycles. The van der Waals surface area contributed by atoms with E-state index in [2.05, 4.69) is 27.7 Å². The van der Waals surface area contributed by atoms with Crippen LogP contribution in [0.1, 0.15) is 98.8 Å². The van der Waals surface area contributed by atoms with Crippen molar-refractivity contribution in [1.29, 1.82) is 0 Å². The molecule has 0 aromatic rings. The van der Waals surface area contributed by atoms with Crippen molar-refractivity contribution < 1.29 is 14.6 Å². The van der Waals surface area contributed by atoms with E-state index in [1.165, 1.54) is 44.9 Å². The van der Waals surface area contributed by atoms with Crippen LogP contribution < -0.4 is 0 Å². The summed E-state index contributed by atoms with van der Waals surface area (Å²) in [6, 6.07) is 0. The number of hydrogen-bond acceptors (Lipinski definition) is 3. The van der Waals surface area contributed by atoms with Gasteiger partial charge in [0.1, 0.15) is 0 Å². The van der Waals surface area contributed by atoms with Gasteiger partial charge in [-0.15, -0.1) is 0 Å².